The van der Waals surface area contributed by atoms with Crippen LogP contribution in [0.1, 0.15) is 17.3 Å². The van der Waals surface area contributed by atoms with E-state index < -0.39 is 5.97 Å². The number of anilines is 4. The zero-order valence-electron chi connectivity index (χ0n) is 13.5. The van der Waals surface area contributed by atoms with Gasteiger partial charge in [-0.15, -0.1) is 0 Å². The van der Waals surface area contributed by atoms with Crippen LogP contribution in [-0.4, -0.2) is 42.4 Å². The topological polar surface area (TPSA) is 110 Å². The summed E-state index contributed by atoms with van der Waals surface area (Å²) in [6, 6.07) is 9.38. The quantitative estimate of drug-likeness (QED) is 0.582. The van der Waals surface area contributed by atoms with E-state index in [1.807, 2.05) is 30.3 Å². The van der Waals surface area contributed by atoms with E-state index in [0.29, 0.717) is 12.1 Å². The number of benzene rings is 1. The van der Waals surface area contributed by atoms with Gasteiger partial charge < -0.3 is 20.7 Å². The standard InChI is InChI=1S/C16H19N5O3/c1-3-24-13(23)9-18-14-12(10-22)15(20-16(17)19-14)21(2)11-7-5-4-6-8-11/h4-8,10H,3,9H2,1-2H3,(H3,17,18,19,20). The van der Waals surface area contributed by atoms with Crippen molar-refractivity contribution >= 4 is 35.5 Å². The van der Waals surface area contributed by atoms with Crippen molar-refractivity contribution in [1.29, 1.82) is 0 Å². The van der Waals surface area contributed by atoms with Crippen LogP contribution in [-0.2, 0) is 9.53 Å². The Kier molecular flexibility index (Phi) is 5.67. The van der Waals surface area contributed by atoms with Crippen molar-refractivity contribution in [2.45, 2.75) is 6.92 Å². The van der Waals surface area contributed by atoms with Crippen LogP contribution in [0.15, 0.2) is 30.3 Å². The molecule has 0 bridgehead atoms. The minimum atomic E-state index is -0.454. The Morgan fingerprint density at radius 2 is 2.04 bits per heavy atom. The van der Waals surface area contributed by atoms with E-state index in [1.165, 1.54) is 0 Å². The Balaban J connectivity index is 2.35. The maximum atomic E-state index is 11.6. The fourth-order valence-corrected chi connectivity index (χ4v) is 2.12. The average molecular weight is 329 g/mol. The molecule has 0 saturated carbocycles. The molecule has 0 spiro atoms. The molecule has 2 aromatic rings. The van der Waals surface area contributed by atoms with Gasteiger partial charge in [0.1, 0.15) is 12.4 Å². The van der Waals surface area contributed by atoms with Crippen LogP contribution >= 0.6 is 0 Å². The molecule has 126 valence electrons. The van der Waals surface area contributed by atoms with Gasteiger partial charge in [-0.3, -0.25) is 9.59 Å². The molecule has 3 N–H and O–H groups in total. The maximum absolute atomic E-state index is 11.6. The largest absolute Gasteiger partial charge is 0.465 e. The second-order valence-corrected chi connectivity index (χ2v) is 4.84. The van der Waals surface area contributed by atoms with Crippen LogP contribution in [0, 0.1) is 0 Å². The molecule has 1 heterocycles. The summed E-state index contributed by atoms with van der Waals surface area (Å²) < 4.78 is 4.84. The molecule has 0 aliphatic carbocycles. The van der Waals surface area contributed by atoms with Gasteiger partial charge in [-0.1, -0.05) is 18.2 Å². The Bertz CT molecular complexity index is 721. The molecule has 0 aliphatic rings. The van der Waals surface area contributed by atoms with Crippen LogP contribution in [0.25, 0.3) is 0 Å². The van der Waals surface area contributed by atoms with Crippen molar-refractivity contribution < 1.29 is 14.3 Å². The number of carbonyl (C=O) groups is 2. The summed E-state index contributed by atoms with van der Waals surface area (Å²) in [4.78, 5) is 32.9. The fraction of sp³-hybridized carbons (Fsp3) is 0.250. The van der Waals surface area contributed by atoms with Crippen molar-refractivity contribution in [1.82, 2.24) is 9.97 Å². The number of nitrogens with two attached hydrogens (primary N) is 1. The second kappa shape index (κ2) is 7.91. The summed E-state index contributed by atoms with van der Waals surface area (Å²) in [7, 11) is 1.76. The number of esters is 1. The number of nitrogen functional groups attached to an aromatic ring is 1. The number of para-hydroxylation sites is 1. The lowest BCUT2D eigenvalue weighted by atomic mass is 10.2. The lowest BCUT2D eigenvalue weighted by molar-refractivity contribution is -0.140. The summed E-state index contributed by atoms with van der Waals surface area (Å²) in [6.07, 6.45) is 0.627. The Morgan fingerprint density at radius 3 is 2.67 bits per heavy atom. The molecule has 8 nitrogen and oxygen atoms in total. The van der Waals surface area contributed by atoms with Crippen LogP contribution < -0.4 is 16.0 Å². The van der Waals surface area contributed by atoms with Crippen LogP contribution in [0.2, 0.25) is 0 Å². The normalized spacial score (nSPS) is 10.1. The molecule has 2 rings (SSSR count). The first kappa shape index (κ1) is 17.2. The van der Waals surface area contributed by atoms with Gasteiger partial charge in [0.2, 0.25) is 5.95 Å². The van der Waals surface area contributed by atoms with E-state index in [9.17, 15) is 9.59 Å². The predicted octanol–water partition coefficient (Wildman–Crippen LogP) is 1.61. The van der Waals surface area contributed by atoms with Crippen LogP contribution in [0.3, 0.4) is 0 Å². The molecule has 1 aromatic heterocycles. The predicted molar refractivity (Wildman–Crippen MR) is 91.5 cm³/mol. The lowest BCUT2D eigenvalue weighted by Crippen LogP contribution is -2.21. The maximum Gasteiger partial charge on any atom is 0.325 e. The van der Waals surface area contributed by atoms with Gasteiger partial charge in [-0.2, -0.15) is 9.97 Å². The van der Waals surface area contributed by atoms with Crippen molar-refractivity contribution in [3.63, 3.8) is 0 Å². The minimum absolute atomic E-state index is 0.00950. The minimum Gasteiger partial charge on any atom is -0.465 e. The molecule has 0 aliphatic heterocycles. The highest BCUT2D eigenvalue weighted by Crippen LogP contribution is 2.28. The average Bonchev–Trinajstić information content (AvgIpc) is 2.59. The van der Waals surface area contributed by atoms with Gasteiger partial charge >= 0.3 is 5.97 Å². The van der Waals surface area contributed by atoms with E-state index >= 15 is 0 Å². The summed E-state index contributed by atoms with van der Waals surface area (Å²) in [5, 5.41) is 2.77. The van der Waals surface area contributed by atoms with Gasteiger partial charge in [-0.25, -0.2) is 0 Å². The van der Waals surface area contributed by atoms with Gasteiger partial charge in [0.05, 0.1) is 12.2 Å². The first-order valence-electron chi connectivity index (χ1n) is 7.37. The third-order valence-electron chi connectivity index (χ3n) is 3.23. The number of carbonyl (C=O) groups excluding carboxylic acids is 2. The molecule has 8 heteroatoms. The molecule has 1 aromatic carbocycles. The first-order valence-corrected chi connectivity index (χ1v) is 7.37. The third-order valence-corrected chi connectivity index (χ3v) is 3.23. The van der Waals surface area contributed by atoms with Crippen LogP contribution in [0.4, 0.5) is 23.3 Å². The van der Waals surface area contributed by atoms with Crippen molar-refractivity contribution in [3.05, 3.63) is 35.9 Å². The highest BCUT2D eigenvalue weighted by molar-refractivity contribution is 5.92. The summed E-state index contributed by atoms with van der Waals surface area (Å²) >= 11 is 0. The zero-order valence-corrected chi connectivity index (χ0v) is 13.5. The van der Waals surface area contributed by atoms with Gasteiger partial charge in [0.15, 0.2) is 12.1 Å². The summed E-state index contributed by atoms with van der Waals surface area (Å²) in [5.74, 6) is 0.0626. The number of aromatic nitrogens is 2. The number of nitrogens with one attached hydrogen (secondary N) is 1. The van der Waals surface area contributed by atoms with E-state index in [0.717, 1.165) is 5.69 Å². The van der Waals surface area contributed by atoms with E-state index in [-0.39, 0.29) is 30.5 Å². The number of hydrogen-bond donors (Lipinski definition) is 2. The summed E-state index contributed by atoms with van der Waals surface area (Å²) in [6.45, 7) is 1.86. The zero-order chi connectivity index (χ0) is 17.5. The molecule has 0 unspecified atom stereocenters. The third kappa shape index (κ3) is 3.97. The summed E-state index contributed by atoms with van der Waals surface area (Å²) in [5.41, 5.74) is 6.78. The molecule has 24 heavy (non-hydrogen) atoms. The Morgan fingerprint density at radius 1 is 1.33 bits per heavy atom. The Hall–Kier alpha value is -3.16. The SMILES string of the molecule is CCOC(=O)CNc1nc(N)nc(N(C)c2ccccc2)c1C=O. The van der Waals surface area contributed by atoms with E-state index in [2.05, 4.69) is 15.3 Å². The van der Waals surface area contributed by atoms with Gasteiger partial charge in [0, 0.05) is 12.7 Å². The monoisotopic (exact) mass is 329 g/mol. The molecule has 0 amide bonds. The lowest BCUT2D eigenvalue weighted by Gasteiger charge is -2.21. The molecule has 0 atom stereocenters. The van der Waals surface area contributed by atoms with E-state index in [4.69, 9.17) is 10.5 Å². The van der Waals surface area contributed by atoms with Crippen molar-refractivity contribution in [2.24, 2.45) is 0 Å². The number of nitrogens with zero attached hydrogens (tertiary/aromatic N) is 3. The molecule has 0 fully saturated rings. The first-order chi connectivity index (χ1) is 11.6. The van der Waals surface area contributed by atoms with Crippen LogP contribution in [0.5, 0.6) is 0 Å². The molecule has 0 saturated heterocycles. The molecule has 0 radical (unpaired) electrons. The highest BCUT2D eigenvalue weighted by atomic mass is 16.5. The number of aldehydes is 1. The molecular weight excluding hydrogens is 310 g/mol. The van der Waals surface area contributed by atoms with Crippen molar-refractivity contribution in [3.8, 4) is 0 Å². The number of rotatable bonds is 7. The number of hydrogen-bond acceptors (Lipinski definition) is 8. The number of ether oxygens (including phenoxy) is 1. The second-order valence-electron chi connectivity index (χ2n) is 4.84. The van der Waals surface area contributed by atoms with E-state index in [1.54, 1.807) is 18.9 Å². The fourth-order valence-electron chi connectivity index (χ4n) is 2.12. The molecular formula is C16H19N5O3. The van der Waals surface area contributed by atoms with Gasteiger partial charge in [-0.05, 0) is 19.1 Å². The smallest absolute Gasteiger partial charge is 0.325 e. The highest BCUT2D eigenvalue weighted by Gasteiger charge is 2.18. The van der Waals surface area contributed by atoms with Crippen molar-refractivity contribution in [2.75, 3.05) is 36.1 Å². The Labute approximate surface area is 139 Å². The van der Waals surface area contributed by atoms with Gasteiger partial charge in [0.25, 0.3) is 0 Å².